The molecule has 2 unspecified atom stereocenters. The van der Waals surface area contributed by atoms with Gasteiger partial charge in [-0.2, -0.15) is 0 Å². The lowest BCUT2D eigenvalue weighted by atomic mass is 9.91. The molecule has 0 saturated heterocycles. The monoisotopic (exact) mass is 186 g/mol. The maximum Gasteiger partial charge on any atom is 0.0827 e. The number of ether oxygens (including phenoxy) is 1. The third-order valence-corrected chi connectivity index (χ3v) is 3.24. The summed E-state index contributed by atoms with van der Waals surface area (Å²) in [5.41, 5.74) is 0. The number of hydrogen-bond acceptors (Lipinski definition) is 2. The molecule has 2 atom stereocenters. The highest BCUT2D eigenvalue weighted by Gasteiger charge is 2.25. The molecule has 13 heavy (non-hydrogen) atoms. The summed E-state index contributed by atoms with van der Waals surface area (Å²) in [6.45, 7) is 1.95. The molecule has 0 heterocycles. The molecule has 0 bridgehead atoms. The number of aliphatic hydroxyl groups excluding tert-OH is 1. The van der Waals surface area contributed by atoms with Gasteiger partial charge in [-0.1, -0.05) is 25.7 Å². The number of aliphatic hydroxyl groups is 1. The molecule has 2 heteroatoms. The highest BCUT2D eigenvalue weighted by atomic mass is 16.5. The summed E-state index contributed by atoms with van der Waals surface area (Å²) in [5, 5.41) is 9.94. The Kier molecular flexibility index (Phi) is 4.74. The quantitative estimate of drug-likeness (QED) is 0.686. The third kappa shape index (κ3) is 3.28. The zero-order valence-electron chi connectivity index (χ0n) is 8.83. The first-order valence-corrected chi connectivity index (χ1v) is 5.46. The van der Waals surface area contributed by atoms with Gasteiger partial charge in [0, 0.05) is 7.11 Å². The van der Waals surface area contributed by atoms with Crippen LogP contribution in [0.5, 0.6) is 0 Å². The van der Waals surface area contributed by atoms with E-state index in [0.717, 1.165) is 0 Å². The molecule has 0 aliphatic heterocycles. The molecular weight excluding hydrogens is 164 g/mol. The van der Waals surface area contributed by atoms with Crippen LogP contribution >= 0.6 is 0 Å². The zero-order chi connectivity index (χ0) is 9.68. The molecule has 0 aromatic rings. The Labute approximate surface area is 81.3 Å². The summed E-state index contributed by atoms with van der Waals surface area (Å²) in [5.74, 6) is 0.470. The second-order valence-corrected chi connectivity index (χ2v) is 4.18. The summed E-state index contributed by atoms with van der Waals surface area (Å²) in [7, 11) is 1.67. The van der Waals surface area contributed by atoms with Gasteiger partial charge in [-0.3, -0.25) is 0 Å². The van der Waals surface area contributed by atoms with E-state index in [-0.39, 0.29) is 12.2 Å². The van der Waals surface area contributed by atoms with Gasteiger partial charge in [0.2, 0.25) is 0 Å². The van der Waals surface area contributed by atoms with Gasteiger partial charge in [0.15, 0.2) is 0 Å². The number of methoxy groups -OCH3 is 1. The van der Waals surface area contributed by atoms with Crippen LogP contribution < -0.4 is 0 Å². The maximum absolute atomic E-state index is 9.94. The lowest BCUT2D eigenvalue weighted by Crippen LogP contribution is -2.32. The van der Waals surface area contributed by atoms with E-state index in [0.29, 0.717) is 5.92 Å². The first kappa shape index (κ1) is 11.0. The fraction of sp³-hybridized carbons (Fsp3) is 1.00. The topological polar surface area (TPSA) is 29.5 Å². The first-order valence-electron chi connectivity index (χ1n) is 5.46. The van der Waals surface area contributed by atoms with Crippen LogP contribution in [0.2, 0.25) is 0 Å². The molecule has 0 spiro atoms. The van der Waals surface area contributed by atoms with E-state index in [2.05, 4.69) is 0 Å². The van der Waals surface area contributed by atoms with Crippen molar-refractivity contribution in [2.45, 2.75) is 57.7 Å². The van der Waals surface area contributed by atoms with Gasteiger partial charge in [0.05, 0.1) is 12.2 Å². The van der Waals surface area contributed by atoms with Crippen molar-refractivity contribution in [2.75, 3.05) is 7.11 Å². The second kappa shape index (κ2) is 5.61. The Morgan fingerprint density at radius 2 is 1.69 bits per heavy atom. The fourth-order valence-electron chi connectivity index (χ4n) is 2.18. The average molecular weight is 186 g/mol. The lowest BCUT2D eigenvalue weighted by Gasteiger charge is -2.25. The molecule has 0 aromatic carbocycles. The normalized spacial score (nSPS) is 25.2. The van der Waals surface area contributed by atoms with E-state index in [4.69, 9.17) is 4.74 Å². The SMILES string of the molecule is COC(C)C(O)C1CCCCCC1. The molecule has 1 rings (SSSR count). The van der Waals surface area contributed by atoms with Crippen LogP contribution in [0.25, 0.3) is 0 Å². The van der Waals surface area contributed by atoms with E-state index < -0.39 is 0 Å². The van der Waals surface area contributed by atoms with Crippen molar-refractivity contribution in [2.24, 2.45) is 5.92 Å². The Morgan fingerprint density at radius 3 is 2.15 bits per heavy atom. The third-order valence-electron chi connectivity index (χ3n) is 3.24. The van der Waals surface area contributed by atoms with Crippen LogP contribution in [-0.2, 0) is 4.74 Å². The van der Waals surface area contributed by atoms with Gasteiger partial charge in [-0.05, 0) is 25.7 Å². The Morgan fingerprint density at radius 1 is 1.15 bits per heavy atom. The minimum Gasteiger partial charge on any atom is -0.390 e. The second-order valence-electron chi connectivity index (χ2n) is 4.18. The molecule has 1 saturated carbocycles. The molecule has 0 amide bonds. The van der Waals surface area contributed by atoms with E-state index in [1.807, 2.05) is 6.92 Å². The summed E-state index contributed by atoms with van der Waals surface area (Å²) >= 11 is 0. The standard InChI is InChI=1S/C11H22O2/c1-9(13-2)11(12)10-7-5-3-4-6-8-10/h9-12H,3-8H2,1-2H3. The summed E-state index contributed by atoms with van der Waals surface area (Å²) in [4.78, 5) is 0. The summed E-state index contributed by atoms with van der Waals surface area (Å²) in [6, 6.07) is 0. The van der Waals surface area contributed by atoms with Crippen LogP contribution in [0.1, 0.15) is 45.4 Å². The van der Waals surface area contributed by atoms with E-state index in [9.17, 15) is 5.11 Å². The van der Waals surface area contributed by atoms with Crippen molar-refractivity contribution in [3.05, 3.63) is 0 Å². The molecular formula is C11H22O2. The van der Waals surface area contributed by atoms with Crippen molar-refractivity contribution in [1.29, 1.82) is 0 Å². The van der Waals surface area contributed by atoms with Crippen molar-refractivity contribution in [3.63, 3.8) is 0 Å². The molecule has 2 nitrogen and oxygen atoms in total. The predicted molar refractivity (Wildman–Crippen MR) is 53.7 cm³/mol. The average Bonchev–Trinajstić information content (AvgIpc) is 2.43. The highest BCUT2D eigenvalue weighted by Crippen LogP contribution is 2.27. The van der Waals surface area contributed by atoms with Gasteiger partial charge in [-0.15, -0.1) is 0 Å². The zero-order valence-corrected chi connectivity index (χ0v) is 8.83. The van der Waals surface area contributed by atoms with Crippen LogP contribution in [0.3, 0.4) is 0 Å². The van der Waals surface area contributed by atoms with Gasteiger partial charge in [0.1, 0.15) is 0 Å². The van der Waals surface area contributed by atoms with E-state index in [1.165, 1.54) is 38.5 Å². The first-order chi connectivity index (χ1) is 6.25. The van der Waals surface area contributed by atoms with Gasteiger partial charge in [-0.25, -0.2) is 0 Å². The van der Waals surface area contributed by atoms with Crippen molar-refractivity contribution >= 4 is 0 Å². The molecule has 1 aliphatic carbocycles. The van der Waals surface area contributed by atoms with Gasteiger partial charge < -0.3 is 9.84 Å². The van der Waals surface area contributed by atoms with Crippen LogP contribution in [0.4, 0.5) is 0 Å². The molecule has 1 fully saturated rings. The minimum atomic E-state index is -0.261. The molecule has 1 aliphatic rings. The highest BCUT2D eigenvalue weighted by molar-refractivity contribution is 4.76. The summed E-state index contributed by atoms with van der Waals surface area (Å²) in [6.07, 6.45) is 7.31. The molecule has 1 N–H and O–H groups in total. The smallest absolute Gasteiger partial charge is 0.0827 e. The van der Waals surface area contributed by atoms with Crippen LogP contribution in [0.15, 0.2) is 0 Å². The Bertz CT molecular complexity index is 128. The molecule has 78 valence electrons. The predicted octanol–water partition coefficient (Wildman–Crippen LogP) is 2.35. The van der Waals surface area contributed by atoms with Crippen molar-refractivity contribution < 1.29 is 9.84 Å². The van der Waals surface area contributed by atoms with E-state index in [1.54, 1.807) is 7.11 Å². The summed E-state index contributed by atoms with van der Waals surface area (Å²) < 4.78 is 5.16. The Hall–Kier alpha value is -0.0800. The Balaban J connectivity index is 2.38. The molecule has 0 aromatic heterocycles. The minimum absolute atomic E-state index is 0.0110. The van der Waals surface area contributed by atoms with E-state index >= 15 is 0 Å². The number of rotatable bonds is 3. The van der Waals surface area contributed by atoms with Crippen LogP contribution in [-0.4, -0.2) is 24.4 Å². The van der Waals surface area contributed by atoms with Gasteiger partial charge >= 0.3 is 0 Å². The largest absolute Gasteiger partial charge is 0.390 e. The fourth-order valence-corrected chi connectivity index (χ4v) is 2.18. The molecule has 0 radical (unpaired) electrons. The number of hydrogen-bond donors (Lipinski definition) is 1. The van der Waals surface area contributed by atoms with Crippen molar-refractivity contribution in [1.82, 2.24) is 0 Å². The van der Waals surface area contributed by atoms with Crippen molar-refractivity contribution in [3.8, 4) is 0 Å². The van der Waals surface area contributed by atoms with Gasteiger partial charge in [0.25, 0.3) is 0 Å². The lowest BCUT2D eigenvalue weighted by molar-refractivity contribution is -0.0348. The van der Waals surface area contributed by atoms with Crippen LogP contribution in [0, 0.1) is 5.92 Å². The maximum atomic E-state index is 9.94.